The van der Waals surface area contributed by atoms with Gasteiger partial charge in [-0.1, -0.05) is 11.6 Å². The summed E-state index contributed by atoms with van der Waals surface area (Å²) in [6.45, 7) is 4.85. The number of fused-ring (bicyclic) bond motifs is 2. The lowest BCUT2D eigenvalue weighted by Crippen LogP contribution is -2.27. The monoisotopic (exact) mass is 390 g/mol. The van der Waals surface area contributed by atoms with Gasteiger partial charge < -0.3 is 15.1 Å². The summed E-state index contributed by atoms with van der Waals surface area (Å²) in [5.41, 5.74) is 4.43. The van der Waals surface area contributed by atoms with E-state index >= 15 is 0 Å². The average molecular weight is 390 g/mol. The highest BCUT2D eigenvalue weighted by atomic mass is 16.3. The van der Waals surface area contributed by atoms with Crippen molar-refractivity contribution in [2.75, 3.05) is 19.6 Å². The number of carbonyl (C=O) groups excluding carboxylic acids is 1. The third-order valence-electron chi connectivity index (χ3n) is 5.35. The highest BCUT2D eigenvalue weighted by Gasteiger charge is 2.24. The van der Waals surface area contributed by atoms with E-state index in [2.05, 4.69) is 20.6 Å². The summed E-state index contributed by atoms with van der Waals surface area (Å²) in [7, 11) is 0. The molecule has 1 saturated heterocycles. The fourth-order valence-electron chi connectivity index (χ4n) is 3.88. The Morgan fingerprint density at radius 2 is 2.21 bits per heavy atom. The largest absolute Gasteiger partial charge is 0.451 e. The summed E-state index contributed by atoms with van der Waals surface area (Å²) >= 11 is 0. The van der Waals surface area contributed by atoms with E-state index in [9.17, 15) is 4.79 Å². The molecule has 0 unspecified atom stereocenters. The number of hydrogen-bond acceptors (Lipinski definition) is 6. The van der Waals surface area contributed by atoms with Gasteiger partial charge in [0.15, 0.2) is 11.4 Å². The van der Waals surface area contributed by atoms with Crippen LogP contribution in [0.4, 0.5) is 0 Å². The summed E-state index contributed by atoms with van der Waals surface area (Å²) in [6, 6.07) is 7.63. The first kappa shape index (κ1) is 17.8. The summed E-state index contributed by atoms with van der Waals surface area (Å²) in [5, 5.41) is 12.0. The fourth-order valence-corrected chi connectivity index (χ4v) is 3.88. The first-order valence-electron chi connectivity index (χ1n) is 9.85. The van der Waals surface area contributed by atoms with Crippen LogP contribution in [0.3, 0.4) is 0 Å². The van der Waals surface area contributed by atoms with Crippen LogP contribution in [0.5, 0.6) is 0 Å². The predicted molar refractivity (Wildman–Crippen MR) is 109 cm³/mol. The van der Waals surface area contributed by atoms with Crippen LogP contribution in [0.2, 0.25) is 0 Å². The van der Waals surface area contributed by atoms with E-state index in [1.54, 1.807) is 18.5 Å². The van der Waals surface area contributed by atoms with Crippen molar-refractivity contribution in [2.24, 2.45) is 0 Å². The number of aromatic nitrogens is 4. The number of hydrogen-bond donors (Lipinski definition) is 2. The van der Waals surface area contributed by atoms with Gasteiger partial charge in [0.2, 0.25) is 0 Å². The molecule has 1 fully saturated rings. The molecular weight excluding hydrogens is 368 g/mol. The van der Waals surface area contributed by atoms with Crippen LogP contribution < -0.4 is 10.6 Å². The van der Waals surface area contributed by atoms with E-state index in [1.807, 2.05) is 29.8 Å². The van der Waals surface area contributed by atoms with Gasteiger partial charge in [-0.05, 0) is 38.1 Å². The molecule has 4 heterocycles. The van der Waals surface area contributed by atoms with E-state index in [0.29, 0.717) is 30.4 Å². The van der Waals surface area contributed by atoms with Gasteiger partial charge in [-0.15, -0.1) is 0 Å². The molecule has 1 aliphatic rings. The number of aryl methyl sites for hydroxylation is 1. The van der Waals surface area contributed by atoms with E-state index in [4.69, 9.17) is 9.52 Å². The summed E-state index contributed by atoms with van der Waals surface area (Å²) in [5.74, 6) is 0.430. The summed E-state index contributed by atoms with van der Waals surface area (Å²) in [4.78, 5) is 21.4. The standard InChI is InChI=1S/C21H22N6O2/c1-13-2-3-16-15(10-13)11-17(29-16)21(28)25-8-9-27-20-19(23-6-7-24-20)18(26-27)14-4-5-22-12-14/h2-3,6-7,10-11,14,22H,4-5,8-9,12H2,1H3,(H,25,28)/t14-/m0/s1. The Bertz CT molecular complexity index is 1190. The SMILES string of the molecule is Cc1ccc2oc(C(=O)NCCn3nc([C@H]4CCNC4)c4nccnc43)cc2c1. The van der Waals surface area contributed by atoms with Crippen LogP contribution in [0.15, 0.2) is 41.1 Å². The van der Waals surface area contributed by atoms with Crippen LogP contribution in [-0.2, 0) is 6.54 Å². The number of amides is 1. The second kappa shape index (κ2) is 7.29. The Morgan fingerprint density at radius 3 is 3.07 bits per heavy atom. The first-order valence-corrected chi connectivity index (χ1v) is 9.85. The molecule has 0 radical (unpaired) electrons. The minimum atomic E-state index is -0.235. The second-order valence-electron chi connectivity index (χ2n) is 7.43. The smallest absolute Gasteiger partial charge is 0.287 e. The van der Waals surface area contributed by atoms with Gasteiger partial charge in [0, 0.05) is 36.8 Å². The third kappa shape index (κ3) is 3.36. The zero-order chi connectivity index (χ0) is 19.8. The molecule has 0 bridgehead atoms. The van der Waals surface area contributed by atoms with Crippen molar-refractivity contribution in [1.82, 2.24) is 30.4 Å². The van der Waals surface area contributed by atoms with Crippen LogP contribution >= 0.6 is 0 Å². The number of rotatable bonds is 5. The Hall–Kier alpha value is -3.26. The first-order chi connectivity index (χ1) is 14.2. The molecule has 1 aliphatic heterocycles. The molecule has 8 heteroatoms. The zero-order valence-electron chi connectivity index (χ0n) is 16.2. The predicted octanol–water partition coefficient (Wildman–Crippen LogP) is 2.39. The van der Waals surface area contributed by atoms with Gasteiger partial charge in [-0.2, -0.15) is 5.10 Å². The molecule has 0 aliphatic carbocycles. The van der Waals surface area contributed by atoms with Crippen molar-refractivity contribution in [3.8, 4) is 0 Å². The van der Waals surface area contributed by atoms with Crippen molar-refractivity contribution in [1.29, 1.82) is 0 Å². The topological polar surface area (TPSA) is 97.9 Å². The van der Waals surface area contributed by atoms with Crippen molar-refractivity contribution in [2.45, 2.75) is 25.8 Å². The molecule has 3 aromatic heterocycles. The maximum absolute atomic E-state index is 12.5. The Kier molecular flexibility index (Phi) is 4.48. The van der Waals surface area contributed by atoms with Crippen LogP contribution in [0.25, 0.3) is 22.1 Å². The molecule has 8 nitrogen and oxygen atoms in total. The second-order valence-corrected chi connectivity index (χ2v) is 7.43. The normalized spacial score (nSPS) is 16.7. The Morgan fingerprint density at radius 1 is 1.31 bits per heavy atom. The zero-order valence-corrected chi connectivity index (χ0v) is 16.2. The highest BCUT2D eigenvalue weighted by molar-refractivity contribution is 5.96. The number of nitrogens with one attached hydrogen (secondary N) is 2. The number of benzene rings is 1. The lowest BCUT2D eigenvalue weighted by Gasteiger charge is -2.05. The molecule has 1 aromatic carbocycles. The van der Waals surface area contributed by atoms with Gasteiger partial charge in [0.1, 0.15) is 11.1 Å². The average Bonchev–Trinajstić information content (AvgIpc) is 3.46. The van der Waals surface area contributed by atoms with Crippen molar-refractivity contribution >= 4 is 28.0 Å². The molecule has 29 heavy (non-hydrogen) atoms. The Balaban J connectivity index is 1.31. The molecule has 5 rings (SSSR count). The quantitative estimate of drug-likeness (QED) is 0.543. The number of carbonyl (C=O) groups is 1. The molecule has 4 aromatic rings. The lowest BCUT2D eigenvalue weighted by molar-refractivity contribution is 0.0926. The van der Waals surface area contributed by atoms with Crippen LogP contribution in [0, 0.1) is 6.92 Å². The van der Waals surface area contributed by atoms with Crippen molar-refractivity contribution in [3.63, 3.8) is 0 Å². The molecule has 0 spiro atoms. The van der Waals surface area contributed by atoms with Crippen LogP contribution in [0.1, 0.15) is 34.2 Å². The minimum Gasteiger partial charge on any atom is -0.451 e. The Labute approximate surface area is 167 Å². The van der Waals surface area contributed by atoms with E-state index in [1.165, 1.54) is 0 Å². The highest BCUT2D eigenvalue weighted by Crippen LogP contribution is 2.26. The summed E-state index contributed by atoms with van der Waals surface area (Å²) in [6.07, 6.45) is 4.42. The molecule has 1 atom stereocenters. The van der Waals surface area contributed by atoms with Crippen molar-refractivity contribution < 1.29 is 9.21 Å². The summed E-state index contributed by atoms with van der Waals surface area (Å²) < 4.78 is 7.50. The van der Waals surface area contributed by atoms with Gasteiger partial charge in [-0.3, -0.25) is 4.79 Å². The molecule has 148 valence electrons. The lowest BCUT2D eigenvalue weighted by atomic mass is 10.0. The van der Waals surface area contributed by atoms with Gasteiger partial charge in [0.05, 0.1) is 12.2 Å². The minimum absolute atomic E-state index is 0.235. The molecule has 0 saturated carbocycles. The number of furan rings is 1. The fraction of sp³-hybridized carbons (Fsp3) is 0.333. The van der Waals surface area contributed by atoms with Gasteiger partial charge in [0.25, 0.3) is 5.91 Å². The third-order valence-corrected chi connectivity index (χ3v) is 5.35. The maximum Gasteiger partial charge on any atom is 0.287 e. The number of nitrogens with zero attached hydrogens (tertiary/aromatic N) is 4. The van der Waals surface area contributed by atoms with E-state index < -0.39 is 0 Å². The molecule has 1 amide bonds. The van der Waals surface area contributed by atoms with E-state index in [0.717, 1.165) is 47.3 Å². The van der Waals surface area contributed by atoms with Gasteiger partial charge >= 0.3 is 0 Å². The maximum atomic E-state index is 12.5. The van der Waals surface area contributed by atoms with Crippen LogP contribution in [-0.4, -0.2) is 45.3 Å². The van der Waals surface area contributed by atoms with Gasteiger partial charge in [-0.25, -0.2) is 14.6 Å². The molecule has 2 N–H and O–H groups in total. The molecular formula is C21H22N6O2. The van der Waals surface area contributed by atoms with E-state index in [-0.39, 0.29) is 5.91 Å². The van der Waals surface area contributed by atoms with Crippen molar-refractivity contribution in [3.05, 3.63) is 53.7 Å².